The van der Waals surface area contributed by atoms with Gasteiger partial charge < -0.3 is 4.74 Å². The number of benzene rings is 7. The van der Waals surface area contributed by atoms with Crippen LogP contribution in [0.15, 0.2) is 176 Å². The van der Waals surface area contributed by atoms with Crippen molar-refractivity contribution in [3.63, 3.8) is 0 Å². The molecular weight excluding hydrogens is 793 g/mol. The molecule has 10 aromatic rings. The van der Waals surface area contributed by atoms with Gasteiger partial charge in [0.05, 0.1) is 40.3 Å². The van der Waals surface area contributed by atoms with E-state index in [1.54, 1.807) is 0 Å². The highest BCUT2D eigenvalue weighted by Gasteiger charge is 2.26. The Kier molecular flexibility index (Phi) is 8.77. The fourth-order valence-corrected chi connectivity index (χ4v) is 8.87. The lowest BCUT2D eigenvalue weighted by molar-refractivity contribution is -0.572. The molecule has 3 aromatic heterocycles. The lowest BCUT2D eigenvalue weighted by Crippen LogP contribution is -2.34. The molecule has 5 nitrogen and oxygen atoms in total. The molecule has 0 aliphatic rings. The minimum Gasteiger partial charge on any atom is -0.458 e. The normalized spacial score (nSPS) is 13.5. The molecule has 0 amide bonds. The largest absolute Gasteiger partial charge is 0.458 e. The van der Waals surface area contributed by atoms with Crippen molar-refractivity contribution < 1.29 is 16.2 Å². The highest BCUT2D eigenvalue weighted by molar-refractivity contribution is 6.09. The first kappa shape index (κ1) is 36.1. The Morgan fingerprint density at radius 1 is 0.554 bits per heavy atom. The number of ether oxygens (including phenoxy) is 1. The molecule has 0 aliphatic carbocycles. The van der Waals surface area contributed by atoms with Gasteiger partial charge in [0.1, 0.15) is 17.3 Å². The molecule has 0 saturated carbocycles. The number of imidazole rings is 1. The summed E-state index contributed by atoms with van der Waals surface area (Å²) >= 11 is 0. The van der Waals surface area contributed by atoms with Crippen molar-refractivity contribution in [2.24, 2.45) is 0 Å². The van der Waals surface area contributed by atoms with E-state index in [-0.39, 0.29) is 40.6 Å². The summed E-state index contributed by atoms with van der Waals surface area (Å²) in [7, 11) is 0. The predicted molar refractivity (Wildman–Crippen MR) is 269 cm³/mol. The molecule has 0 saturated heterocycles. The summed E-state index contributed by atoms with van der Waals surface area (Å²) in [5, 5.41) is 2.23. The van der Waals surface area contributed by atoms with E-state index < -0.39 is 11.5 Å². The predicted octanol–water partition coefficient (Wildman–Crippen LogP) is 15.2. The van der Waals surface area contributed by atoms with Crippen LogP contribution in [0, 0.1) is 6.33 Å². The Morgan fingerprint density at radius 3 is 2.02 bits per heavy atom. The average Bonchev–Trinajstić information content (AvgIpc) is 3.87. The van der Waals surface area contributed by atoms with Gasteiger partial charge in [0.25, 0.3) is 6.33 Å². The fourth-order valence-electron chi connectivity index (χ4n) is 8.87. The van der Waals surface area contributed by atoms with E-state index in [0.29, 0.717) is 22.7 Å². The van der Waals surface area contributed by atoms with Crippen LogP contribution in [0.1, 0.15) is 85.9 Å². The highest BCUT2D eigenvalue weighted by Crippen LogP contribution is 2.38. The van der Waals surface area contributed by atoms with E-state index in [9.17, 15) is 0 Å². The van der Waals surface area contributed by atoms with Crippen molar-refractivity contribution in [1.29, 1.82) is 0 Å². The molecule has 65 heavy (non-hydrogen) atoms. The van der Waals surface area contributed by atoms with Crippen LogP contribution in [0.5, 0.6) is 11.5 Å². The van der Waals surface area contributed by atoms with Crippen molar-refractivity contribution >= 4 is 32.8 Å². The molecule has 0 bridgehead atoms. The SMILES string of the molecule is [2H]c1c([2H])c([2H])c(-c2cccc(C(C)(C)C)c2-[n+]2[c-]n(-c3cccc(Oc4ccc5c6ccccc6n(-c6cc(C(C)(C)C)ccn6)c5c4)c3)c3cc(-c4ccc(C(C)(C)C)cc4)ccc32)c([2H])c1[2H]. The number of para-hydroxylation sites is 2. The summed E-state index contributed by atoms with van der Waals surface area (Å²) in [5.41, 5.74) is 10.8. The maximum atomic E-state index is 9.10. The molecule has 5 heteroatoms. The minimum atomic E-state index is -0.432. The first-order valence-corrected chi connectivity index (χ1v) is 22.3. The molecule has 0 unspecified atom stereocenters. The Balaban J connectivity index is 1.15. The van der Waals surface area contributed by atoms with Crippen molar-refractivity contribution in [2.75, 3.05) is 0 Å². The van der Waals surface area contributed by atoms with Gasteiger partial charge in [-0.05, 0) is 110 Å². The number of nitrogens with zero attached hydrogens (tertiary/aromatic N) is 4. The van der Waals surface area contributed by atoms with Gasteiger partial charge in [-0.25, -0.2) is 4.98 Å². The van der Waals surface area contributed by atoms with E-state index in [1.165, 1.54) is 11.1 Å². The molecule has 0 aliphatic heterocycles. The molecule has 0 radical (unpaired) electrons. The lowest BCUT2D eigenvalue weighted by atomic mass is 9.83. The van der Waals surface area contributed by atoms with Crippen LogP contribution < -0.4 is 9.30 Å². The van der Waals surface area contributed by atoms with Gasteiger partial charge in [-0.3, -0.25) is 13.7 Å². The van der Waals surface area contributed by atoms with Gasteiger partial charge in [0, 0.05) is 23.0 Å². The zero-order chi connectivity index (χ0) is 49.6. The van der Waals surface area contributed by atoms with Crippen LogP contribution in [-0.4, -0.2) is 14.1 Å². The van der Waals surface area contributed by atoms with Crippen LogP contribution in [-0.2, 0) is 16.2 Å². The second-order valence-corrected chi connectivity index (χ2v) is 20.0. The fraction of sp³-hybridized carbons (Fsp3) is 0.200. The Labute approximate surface area is 390 Å². The Hall–Kier alpha value is -7.24. The maximum absolute atomic E-state index is 9.10. The second kappa shape index (κ2) is 15.8. The van der Waals surface area contributed by atoms with E-state index >= 15 is 0 Å². The molecule has 0 fully saturated rings. The summed E-state index contributed by atoms with van der Waals surface area (Å²) in [6.45, 7) is 19.6. The van der Waals surface area contributed by atoms with Crippen LogP contribution in [0.2, 0.25) is 0 Å². The number of aromatic nitrogens is 4. The van der Waals surface area contributed by atoms with Gasteiger partial charge in [-0.1, -0.05) is 171 Å². The van der Waals surface area contributed by atoms with E-state index in [4.69, 9.17) is 16.6 Å². The van der Waals surface area contributed by atoms with Gasteiger partial charge in [-0.2, -0.15) is 0 Å². The molecular formula is C60H56N4O. The summed E-state index contributed by atoms with van der Waals surface area (Å²) in [4.78, 5) is 4.87. The van der Waals surface area contributed by atoms with E-state index in [2.05, 4.69) is 164 Å². The summed E-state index contributed by atoms with van der Waals surface area (Å²) in [5.74, 6) is 2.13. The molecule has 0 spiro atoms. The highest BCUT2D eigenvalue weighted by atomic mass is 16.5. The van der Waals surface area contributed by atoms with Crippen LogP contribution >= 0.6 is 0 Å². The third kappa shape index (κ3) is 7.80. The molecule has 0 N–H and O–H groups in total. The summed E-state index contributed by atoms with van der Waals surface area (Å²) in [6, 6.07) is 46.0. The number of hydrogen-bond donors (Lipinski definition) is 0. The van der Waals surface area contributed by atoms with Crippen molar-refractivity contribution in [1.82, 2.24) is 14.1 Å². The third-order valence-corrected chi connectivity index (χ3v) is 12.4. The lowest BCUT2D eigenvalue weighted by Gasteiger charge is -2.26. The Bertz CT molecular complexity index is 3670. The van der Waals surface area contributed by atoms with Crippen molar-refractivity contribution in [3.05, 3.63) is 199 Å². The quantitative estimate of drug-likeness (QED) is 0.118. The molecule has 0 atom stereocenters. The zero-order valence-electron chi connectivity index (χ0n) is 43.6. The first-order chi connectivity index (χ1) is 33.2. The second-order valence-electron chi connectivity index (χ2n) is 20.0. The average molecular weight is 854 g/mol. The smallest absolute Gasteiger partial charge is 0.269 e. The van der Waals surface area contributed by atoms with Gasteiger partial charge in [0.2, 0.25) is 0 Å². The third-order valence-electron chi connectivity index (χ3n) is 12.4. The van der Waals surface area contributed by atoms with Crippen molar-refractivity contribution in [2.45, 2.75) is 78.6 Å². The molecule has 7 aromatic carbocycles. The van der Waals surface area contributed by atoms with Gasteiger partial charge >= 0.3 is 0 Å². The summed E-state index contributed by atoms with van der Waals surface area (Å²) in [6.07, 6.45) is 5.60. The van der Waals surface area contributed by atoms with Crippen LogP contribution in [0.4, 0.5) is 0 Å². The Morgan fingerprint density at radius 2 is 1.26 bits per heavy atom. The molecule has 322 valence electrons. The number of hydrogen-bond acceptors (Lipinski definition) is 2. The van der Waals surface area contributed by atoms with Crippen molar-refractivity contribution in [3.8, 4) is 50.9 Å². The molecule has 10 rings (SSSR count). The minimum absolute atomic E-state index is 0.00261. The standard InChI is InChI=1S/C60H56N4O/c1-58(2,3)43-28-25-40(26-29-43)42-27-32-53-55(35-42)62(39-63(53)57-48(41-17-11-10-12-18-41)22-16-23-51(57)60(7,8)9)45-19-15-20-46(37-45)65-47-30-31-50-49-21-13-14-24-52(49)64(54(50)38-47)56-36-44(33-34-61-56)59(4,5)6/h10-38H,1-9H3/i10D,11D,12D,17D,18D. The summed E-state index contributed by atoms with van der Waals surface area (Å²) < 4.78 is 56.9. The van der Waals surface area contributed by atoms with Crippen LogP contribution in [0.25, 0.3) is 72.3 Å². The number of pyridine rings is 1. The maximum Gasteiger partial charge on any atom is 0.269 e. The monoisotopic (exact) mass is 853 g/mol. The van der Waals surface area contributed by atoms with E-state index in [0.717, 1.165) is 61.0 Å². The first-order valence-electron chi connectivity index (χ1n) is 24.8. The zero-order valence-corrected chi connectivity index (χ0v) is 38.6. The number of rotatable bonds is 7. The van der Waals surface area contributed by atoms with Gasteiger partial charge in [-0.15, -0.1) is 0 Å². The van der Waals surface area contributed by atoms with E-state index in [1.807, 2.05) is 63.9 Å². The number of fused-ring (bicyclic) bond motifs is 4. The topological polar surface area (TPSA) is 35.9 Å². The van der Waals surface area contributed by atoms with Gasteiger partial charge in [0.15, 0.2) is 0 Å². The molecule has 3 heterocycles. The van der Waals surface area contributed by atoms with Crippen LogP contribution in [0.3, 0.4) is 0 Å².